The Bertz CT molecular complexity index is 323. The summed E-state index contributed by atoms with van der Waals surface area (Å²) in [5.41, 5.74) is 1.03. The summed E-state index contributed by atoms with van der Waals surface area (Å²) in [6, 6.07) is 7.43. The molecule has 0 aliphatic rings. The SMILES string of the molecule is CCCCCCc1ccccc1[P+](=O)O. The van der Waals surface area contributed by atoms with Gasteiger partial charge in [-0.05, 0) is 23.5 Å². The molecule has 1 aromatic carbocycles. The minimum Gasteiger partial charge on any atom is -0.156 e. The van der Waals surface area contributed by atoms with Crippen molar-refractivity contribution in [2.45, 2.75) is 39.0 Å². The van der Waals surface area contributed by atoms with Gasteiger partial charge in [0.1, 0.15) is 0 Å². The van der Waals surface area contributed by atoms with Gasteiger partial charge in [0.2, 0.25) is 5.30 Å². The maximum atomic E-state index is 11.1. The molecule has 1 rings (SSSR count). The summed E-state index contributed by atoms with van der Waals surface area (Å²) in [5.74, 6) is 0. The summed E-state index contributed by atoms with van der Waals surface area (Å²) in [6.07, 6.45) is 5.68. The van der Waals surface area contributed by atoms with Gasteiger partial charge in [-0.3, -0.25) is 0 Å². The van der Waals surface area contributed by atoms with Gasteiger partial charge >= 0.3 is 8.03 Å². The molecule has 0 saturated carbocycles. The standard InChI is InChI=1S/C12H17O2P/c1-2-3-4-5-8-11-9-6-7-10-12(11)15(13)14/h6-7,9-10H,2-5,8H2,1H3/p+1. The van der Waals surface area contributed by atoms with Gasteiger partial charge in [-0.25, -0.2) is 0 Å². The summed E-state index contributed by atoms with van der Waals surface area (Å²) in [7, 11) is -2.19. The van der Waals surface area contributed by atoms with E-state index in [9.17, 15) is 4.57 Å². The zero-order valence-electron chi connectivity index (χ0n) is 9.15. The Labute approximate surface area is 92.2 Å². The second kappa shape index (κ2) is 6.71. The molecule has 0 aromatic heterocycles. The molecule has 0 bridgehead atoms. The van der Waals surface area contributed by atoms with Crippen molar-refractivity contribution in [3.8, 4) is 0 Å². The van der Waals surface area contributed by atoms with Crippen molar-refractivity contribution < 1.29 is 9.46 Å². The van der Waals surface area contributed by atoms with Crippen LogP contribution in [0.1, 0.15) is 38.2 Å². The van der Waals surface area contributed by atoms with E-state index in [-0.39, 0.29) is 0 Å². The van der Waals surface area contributed by atoms with Crippen LogP contribution in [0.25, 0.3) is 0 Å². The van der Waals surface area contributed by atoms with Crippen molar-refractivity contribution in [2.24, 2.45) is 0 Å². The average molecular weight is 225 g/mol. The number of hydrogen-bond acceptors (Lipinski definition) is 1. The zero-order chi connectivity index (χ0) is 11.1. The Kier molecular flexibility index (Phi) is 5.52. The predicted octanol–water partition coefficient (Wildman–Crippen LogP) is 3.17. The predicted molar refractivity (Wildman–Crippen MR) is 63.7 cm³/mol. The maximum absolute atomic E-state index is 11.1. The topological polar surface area (TPSA) is 37.3 Å². The number of rotatable bonds is 6. The van der Waals surface area contributed by atoms with E-state index < -0.39 is 8.03 Å². The molecule has 15 heavy (non-hydrogen) atoms. The lowest BCUT2D eigenvalue weighted by Crippen LogP contribution is -2.04. The molecule has 0 amide bonds. The fourth-order valence-electron chi connectivity index (χ4n) is 1.65. The monoisotopic (exact) mass is 225 g/mol. The highest BCUT2D eigenvalue weighted by atomic mass is 31.1. The number of aryl methyl sites for hydroxylation is 1. The molecule has 0 heterocycles. The highest BCUT2D eigenvalue weighted by Gasteiger charge is 2.19. The van der Waals surface area contributed by atoms with E-state index >= 15 is 0 Å². The molecule has 0 fully saturated rings. The van der Waals surface area contributed by atoms with Crippen molar-refractivity contribution in [1.29, 1.82) is 0 Å². The Balaban J connectivity index is 2.56. The van der Waals surface area contributed by atoms with Gasteiger partial charge in [-0.2, -0.15) is 4.89 Å². The van der Waals surface area contributed by atoms with Gasteiger partial charge in [-0.1, -0.05) is 44.4 Å². The van der Waals surface area contributed by atoms with Crippen LogP contribution in [-0.2, 0) is 11.0 Å². The molecule has 0 aliphatic heterocycles. The van der Waals surface area contributed by atoms with E-state index in [1.165, 1.54) is 19.3 Å². The average Bonchev–Trinajstić information content (AvgIpc) is 2.25. The van der Waals surface area contributed by atoms with Gasteiger partial charge in [-0.15, -0.1) is 0 Å². The largest absolute Gasteiger partial charge is 0.546 e. The molecular formula is C12H18O2P+. The number of benzene rings is 1. The lowest BCUT2D eigenvalue weighted by atomic mass is 10.1. The molecule has 3 heteroatoms. The molecule has 0 radical (unpaired) electrons. The number of unbranched alkanes of at least 4 members (excludes halogenated alkanes) is 3. The van der Waals surface area contributed by atoms with E-state index in [0.717, 1.165) is 18.4 Å². The minimum absolute atomic E-state index is 0.601. The van der Waals surface area contributed by atoms with Crippen LogP contribution in [0.3, 0.4) is 0 Å². The fourth-order valence-corrected chi connectivity index (χ4v) is 2.30. The van der Waals surface area contributed by atoms with E-state index in [1.54, 1.807) is 6.07 Å². The van der Waals surface area contributed by atoms with Crippen LogP contribution in [0.4, 0.5) is 0 Å². The van der Waals surface area contributed by atoms with Crippen LogP contribution in [0.15, 0.2) is 24.3 Å². The second-order valence-electron chi connectivity index (χ2n) is 3.71. The van der Waals surface area contributed by atoms with Crippen molar-refractivity contribution in [1.82, 2.24) is 0 Å². The Morgan fingerprint density at radius 3 is 2.60 bits per heavy atom. The first kappa shape index (κ1) is 12.4. The third-order valence-electron chi connectivity index (χ3n) is 2.50. The van der Waals surface area contributed by atoms with Crippen LogP contribution >= 0.6 is 8.03 Å². The normalized spacial score (nSPS) is 11.5. The first-order chi connectivity index (χ1) is 7.25. The smallest absolute Gasteiger partial charge is 0.156 e. The summed E-state index contributed by atoms with van der Waals surface area (Å²) in [4.78, 5) is 9.12. The molecular weight excluding hydrogens is 207 g/mol. The molecule has 1 atom stereocenters. The Hall–Kier alpha value is -0.720. The molecule has 1 aromatic rings. The van der Waals surface area contributed by atoms with Crippen LogP contribution in [0, 0.1) is 0 Å². The highest BCUT2D eigenvalue weighted by Crippen LogP contribution is 2.17. The van der Waals surface area contributed by atoms with Crippen LogP contribution < -0.4 is 5.30 Å². The highest BCUT2D eigenvalue weighted by molar-refractivity contribution is 7.47. The van der Waals surface area contributed by atoms with Gasteiger partial charge in [0.15, 0.2) is 0 Å². The van der Waals surface area contributed by atoms with Gasteiger partial charge in [0.25, 0.3) is 0 Å². The van der Waals surface area contributed by atoms with Crippen molar-refractivity contribution in [3.63, 3.8) is 0 Å². The Morgan fingerprint density at radius 2 is 1.93 bits per heavy atom. The third-order valence-corrected chi connectivity index (χ3v) is 3.35. The minimum atomic E-state index is -2.19. The summed E-state index contributed by atoms with van der Waals surface area (Å²) in [5, 5.41) is 0.601. The van der Waals surface area contributed by atoms with Crippen LogP contribution in [0.5, 0.6) is 0 Å². The van der Waals surface area contributed by atoms with Gasteiger partial charge < -0.3 is 0 Å². The zero-order valence-corrected chi connectivity index (χ0v) is 10.0. The van der Waals surface area contributed by atoms with Crippen LogP contribution in [-0.4, -0.2) is 4.89 Å². The maximum Gasteiger partial charge on any atom is 0.546 e. The lowest BCUT2D eigenvalue weighted by molar-refractivity contribution is 0.513. The van der Waals surface area contributed by atoms with E-state index in [4.69, 9.17) is 4.89 Å². The third kappa shape index (κ3) is 4.11. The first-order valence-electron chi connectivity index (χ1n) is 5.49. The molecule has 82 valence electrons. The molecule has 1 N–H and O–H groups in total. The quantitative estimate of drug-likeness (QED) is 0.596. The summed E-state index contributed by atoms with van der Waals surface area (Å²) < 4.78 is 11.1. The number of hydrogen-bond donors (Lipinski definition) is 1. The lowest BCUT2D eigenvalue weighted by Gasteiger charge is -2.00. The fraction of sp³-hybridized carbons (Fsp3) is 0.500. The van der Waals surface area contributed by atoms with Gasteiger partial charge in [0, 0.05) is 5.56 Å². The van der Waals surface area contributed by atoms with Crippen LogP contribution in [0.2, 0.25) is 0 Å². The molecule has 2 nitrogen and oxygen atoms in total. The van der Waals surface area contributed by atoms with Crippen molar-refractivity contribution in [3.05, 3.63) is 29.8 Å². The van der Waals surface area contributed by atoms with E-state index in [1.807, 2.05) is 18.2 Å². The Morgan fingerprint density at radius 1 is 1.20 bits per heavy atom. The molecule has 0 saturated heterocycles. The van der Waals surface area contributed by atoms with E-state index in [0.29, 0.717) is 5.30 Å². The molecule has 1 unspecified atom stereocenters. The second-order valence-corrected chi connectivity index (χ2v) is 4.74. The van der Waals surface area contributed by atoms with E-state index in [2.05, 4.69) is 6.92 Å². The van der Waals surface area contributed by atoms with Crippen molar-refractivity contribution >= 4 is 13.3 Å². The molecule has 0 aliphatic carbocycles. The summed E-state index contributed by atoms with van der Waals surface area (Å²) >= 11 is 0. The van der Waals surface area contributed by atoms with Crippen molar-refractivity contribution in [2.75, 3.05) is 0 Å². The first-order valence-corrected chi connectivity index (χ1v) is 6.71. The van der Waals surface area contributed by atoms with Gasteiger partial charge in [0.05, 0.1) is 0 Å². The summed E-state index contributed by atoms with van der Waals surface area (Å²) in [6.45, 7) is 2.18. The molecule has 0 spiro atoms.